The fourth-order valence-corrected chi connectivity index (χ4v) is 3.80. The van der Waals surface area contributed by atoms with Gasteiger partial charge in [0.2, 0.25) is 5.91 Å². The normalized spacial score (nSPS) is 21.5. The van der Waals surface area contributed by atoms with Gasteiger partial charge in [-0.3, -0.25) is 4.79 Å². The van der Waals surface area contributed by atoms with Crippen molar-refractivity contribution < 1.29 is 13.9 Å². The van der Waals surface area contributed by atoms with Gasteiger partial charge in [0, 0.05) is 17.8 Å². The Hall–Kier alpha value is -2.34. The van der Waals surface area contributed by atoms with Gasteiger partial charge >= 0.3 is 0 Å². The number of hydrogen-bond donors (Lipinski definition) is 0. The Bertz CT molecular complexity index is 830. The lowest BCUT2D eigenvalue weighted by atomic mass is 9.93. The average Bonchev–Trinajstić information content (AvgIpc) is 3.42. The summed E-state index contributed by atoms with van der Waals surface area (Å²) in [5, 5.41) is 0. The van der Waals surface area contributed by atoms with E-state index in [4.69, 9.17) is 4.74 Å². The van der Waals surface area contributed by atoms with E-state index in [1.54, 1.807) is 23.1 Å². The van der Waals surface area contributed by atoms with Gasteiger partial charge in [0.05, 0.1) is 24.3 Å². The first-order chi connectivity index (χ1) is 12.5. The van der Waals surface area contributed by atoms with Gasteiger partial charge in [0.15, 0.2) is 0 Å². The first-order valence-electron chi connectivity index (χ1n) is 8.98. The van der Waals surface area contributed by atoms with Crippen LogP contribution in [0.2, 0.25) is 0 Å². The van der Waals surface area contributed by atoms with Crippen LogP contribution in [-0.4, -0.2) is 40.5 Å². The molecule has 2 aliphatic rings. The number of benzene rings is 1. The Morgan fingerprint density at radius 3 is 2.73 bits per heavy atom. The number of hydrogen-bond acceptors (Lipinski definition) is 4. The van der Waals surface area contributed by atoms with Crippen LogP contribution in [0.15, 0.2) is 30.3 Å². The molecule has 26 heavy (non-hydrogen) atoms. The third-order valence-corrected chi connectivity index (χ3v) is 5.22. The number of morpholine rings is 1. The molecule has 1 aromatic carbocycles. The minimum absolute atomic E-state index is 0.00148. The molecule has 2 aromatic rings. The second-order valence-electron chi connectivity index (χ2n) is 7.15. The molecule has 0 spiro atoms. The van der Waals surface area contributed by atoms with E-state index in [-0.39, 0.29) is 17.8 Å². The molecule has 1 aromatic heterocycles. The van der Waals surface area contributed by atoms with Crippen LogP contribution in [0.3, 0.4) is 0 Å². The number of nitrogens with zero attached hydrogens (tertiary/aromatic N) is 3. The highest BCUT2D eigenvalue weighted by molar-refractivity contribution is 5.91. The van der Waals surface area contributed by atoms with Crippen molar-refractivity contribution in [3.63, 3.8) is 0 Å². The standard InChI is InChI=1S/C20H22FN3O2/c1-13-11-17(23-14(2)22-13)18-12-24(9-10-26-18)19(25)20(7-8-20)15-5-3-4-6-16(15)21/h3-6,11,18H,7-10,12H2,1-2H3/t18-/m0/s1. The van der Waals surface area contributed by atoms with Crippen molar-refractivity contribution in [2.45, 2.75) is 38.2 Å². The molecule has 1 aliphatic heterocycles. The molecule has 1 saturated carbocycles. The maximum atomic E-state index is 14.3. The SMILES string of the molecule is Cc1cc([C@@H]2CN(C(=O)C3(c4ccccc4F)CC3)CCO2)nc(C)n1. The highest BCUT2D eigenvalue weighted by Crippen LogP contribution is 2.50. The van der Waals surface area contributed by atoms with Gasteiger partial charge in [-0.05, 0) is 38.8 Å². The van der Waals surface area contributed by atoms with Crippen LogP contribution in [0.4, 0.5) is 4.39 Å². The molecule has 1 saturated heterocycles. The molecule has 1 atom stereocenters. The van der Waals surface area contributed by atoms with E-state index in [1.165, 1.54) is 6.07 Å². The van der Waals surface area contributed by atoms with Crippen LogP contribution in [0.1, 0.15) is 41.7 Å². The van der Waals surface area contributed by atoms with Crippen molar-refractivity contribution in [1.29, 1.82) is 0 Å². The van der Waals surface area contributed by atoms with Crippen LogP contribution < -0.4 is 0 Å². The Labute approximate surface area is 152 Å². The van der Waals surface area contributed by atoms with Crippen molar-refractivity contribution >= 4 is 5.91 Å². The molecule has 6 heteroatoms. The predicted molar refractivity (Wildman–Crippen MR) is 94.1 cm³/mol. The molecule has 1 aliphatic carbocycles. The molecule has 1 amide bonds. The first kappa shape index (κ1) is 17.1. The summed E-state index contributed by atoms with van der Waals surface area (Å²) in [6, 6.07) is 8.51. The zero-order chi connectivity index (χ0) is 18.3. The van der Waals surface area contributed by atoms with Gasteiger partial charge in [-0.2, -0.15) is 0 Å². The van der Waals surface area contributed by atoms with Crippen molar-refractivity contribution in [2.75, 3.05) is 19.7 Å². The minimum atomic E-state index is -0.704. The fraction of sp³-hybridized carbons (Fsp3) is 0.450. The van der Waals surface area contributed by atoms with Crippen molar-refractivity contribution in [3.8, 4) is 0 Å². The lowest BCUT2D eigenvalue weighted by Crippen LogP contribution is -2.47. The van der Waals surface area contributed by atoms with Crippen molar-refractivity contribution in [1.82, 2.24) is 14.9 Å². The van der Waals surface area contributed by atoms with Gasteiger partial charge < -0.3 is 9.64 Å². The Balaban J connectivity index is 1.56. The summed E-state index contributed by atoms with van der Waals surface area (Å²) >= 11 is 0. The molecule has 2 heterocycles. The number of aromatic nitrogens is 2. The third kappa shape index (κ3) is 2.98. The molecule has 5 nitrogen and oxygen atoms in total. The van der Waals surface area contributed by atoms with E-state index < -0.39 is 5.41 Å². The highest BCUT2D eigenvalue weighted by Gasteiger charge is 2.54. The van der Waals surface area contributed by atoms with Gasteiger partial charge in [0.25, 0.3) is 0 Å². The number of amides is 1. The van der Waals surface area contributed by atoms with Gasteiger partial charge in [-0.15, -0.1) is 0 Å². The molecule has 136 valence electrons. The van der Waals surface area contributed by atoms with Gasteiger partial charge in [0.1, 0.15) is 17.7 Å². The highest BCUT2D eigenvalue weighted by atomic mass is 19.1. The number of carbonyl (C=O) groups is 1. The molecule has 0 bridgehead atoms. The first-order valence-corrected chi connectivity index (χ1v) is 8.98. The maximum absolute atomic E-state index is 14.3. The van der Waals surface area contributed by atoms with Crippen molar-refractivity contribution in [3.05, 3.63) is 58.9 Å². The average molecular weight is 355 g/mol. The number of ether oxygens (including phenoxy) is 1. The second kappa shape index (κ2) is 6.43. The molecule has 2 fully saturated rings. The van der Waals surface area contributed by atoms with Crippen LogP contribution in [0.5, 0.6) is 0 Å². The topological polar surface area (TPSA) is 55.3 Å². The number of halogens is 1. The van der Waals surface area contributed by atoms with E-state index in [1.807, 2.05) is 19.9 Å². The van der Waals surface area contributed by atoms with Crippen LogP contribution >= 0.6 is 0 Å². The summed E-state index contributed by atoms with van der Waals surface area (Å²) in [7, 11) is 0. The maximum Gasteiger partial charge on any atom is 0.233 e. The fourth-order valence-electron chi connectivity index (χ4n) is 3.80. The Morgan fingerprint density at radius 1 is 1.27 bits per heavy atom. The van der Waals surface area contributed by atoms with Gasteiger partial charge in [-0.25, -0.2) is 14.4 Å². The summed E-state index contributed by atoms with van der Waals surface area (Å²) in [4.78, 5) is 23.8. The summed E-state index contributed by atoms with van der Waals surface area (Å²) in [5.41, 5.74) is 1.49. The van der Waals surface area contributed by atoms with E-state index in [2.05, 4.69) is 9.97 Å². The van der Waals surface area contributed by atoms with Crippen LogP contribution in [-0.2, 0) is 14.9 Å². The smallest absolute Gasteiger partial charge is 0.233 e. The monoisotopic (exact) mass is 355 g/mol. The zero-order valence-corrected chi connectivity index (χ0v) is 15.0. The number of carbonyl (C=O) groups excluding carboxylic acids is 1. The molecular weight excluding hydrogens is 333 g/mol. The molecular formula is C20H22FN3O2. The second-order valence-corrected chi connectivity index (χ2v) is 7.15. The Morgan fingerprint density at radius 2 is 2.04 bits per heavy atom. The molecule has 0 radical (unpaired) electrons. The lowest BCUT2D eigenvalue weighted by molar-refractivity contribution is -0.142. The summed E-state index contributed by atoms with van der Waals surface area (Å²) < 4.78 is 20.1. The van der Waals surface area contributed by atoms with E-state index in [0.717, 1.165) is 11.4 Å². The van der Waals surface area contributed by atoms with Crippen LogP contribution in [0.25, 0.3) is 0 Å². The molecule has 0 N–H and O–H groups in total. The van der Waals surface area contributed by atoms with E-state index in [0.29, 0.717) is 43.9 Å². The molecule has 0 unspecified atom stereocenters. The minimum Gasteiger partial charge on any atom is -0.368 e. The number of aryl methyl sites for hydroxylation is 2. The predicted octanol–water partition coefficient (Wildman–Crippen LogP) is 2.86. The lowest BCUT2D eigenvalue weighted by Gasteiger charge is -2.35. The number of rotatable bonds is 3. The summed E-state index contributed by atoms with van der Waals surface area (Å²) in [6.45, 7) is 5.17. The summed E-state index contributed by atoms with van der Waals surface area (Å²) in [6.07, 6.45) is 1.12. The van der Waals surface area contributed by atoms with Gasteiger partial charge in [-0.1, -0.05) is 18.2 Å². The zero-order valence-electron chi connectivity index (χ0n) is 15.0. The summed E-state index contributed by atoms with van der Waals surface area (Å²) in [5.74, 6) is 0.390. The van der Waals surface area contributed by atoms with E-state index >= 15 is 0 Å². The Kier molecular flexibility index (Phi) is 4.23. The van der Waals surface area contributed by atoms with Crippen molar-refractivity contribution in [2.24, 2.45) is 0 Å². The molecule has 4 rings (SSSR count). The van der Waals surface area contributed by atoms with E-state index in [9.17, 15) is 9.18 Å². The van der Waals surface area contributed by atoms with Crippen LogP contribution in [0, 0.1) is 19.7 Å². The largest absolute Gasteiger partial charge is 0.368 e. The third-order valence-electron chi connectivity index (χ3n) is 5.22. The quantitative estimate of drug-likeness (QED) is 0.850.